The number of rotatable bonds is 3. The molecule has 0 aromatic carbocycles. The van der Waals surface area contributed by atoms with Crippen molar-refractivity contribution in [3.8, 4) is 0 Å². The summed E-state index contributed by atoms with van der Waals surface area (Å²) in [7, 11) is -3.48. The van der Waals surface area contributed by atoms with Crippen molar-refractivity contribution in [1.29, 1.82) is 0 Å². The third-order valence-corrected chi connectivity index (χ3v) is 5.37. The van der Waals surface area contributed by atoms with Crippen LogP contribution in [0.15, 0.2) is 32.7 Å². The van der Waals surface area contributed by atoms with Gasteiger partial charge in [-0.3, -0.25) is 4.98 Å². The van der Waals surface area contributed by atoms with E-state index in [-0.39, 0.29) is 16.5 Å². The average molecular weight is 298 g/mol. The molecular formula is C11H14N4O4S. The highest BCUT2D eigenvalue weighted by Crippen LogP contribution is 2.28. The fraction of sp³-hybridized carbons (Fsp3) is 0.455. The molecule has 108 valence electrons. The minimum atomic E-state index is -3.48. The number of nitrogens with one attached hydrogen (secondary N) is 2. The first-order valence-electron chi connectivity index (χ1n) is 6.24. The van der Waals surface area contributed by atoms with Crippen LogP contribution in [-0.4, -0.2) is 41.0 Å². The predicted octanol–water partition coefficient (Wildman–Crippen LogP) is 0.259. The van der Waals surface area contributed by atoms with Crippen LogP contribution >= 0.6 is 0 Å². The van der Waals surface area contributed by atoms with Crippen molar-refractivity contribution in [3.63, 3.8) is 0 Å². The highest BCUT2D eigenvalue weighted by molar-refractivity contribution is 7.89. The van der Waals surface area contributed by atoms with E-state index in [9.17, 15) is 13.2 Å². The van der Waals surface area contributed by atoms with Crippen LogP contribution in [0, 0.1) is 0 Å². The van der Waals surface area contributed by atoms with Gasteiger partial charge < -0.3 is 4.42 Å². The topological polar surface area (TPSA) is 112 Å². The largest absolute Gasteiger partial charge is 0.471 e. The summed E-state index contributed by atoms with van der Waals surface area (Å²) in [5.74, 6) is 0.667. The molecule has 1 aliphatic heterocycles. The molecule has 3 rings (SSSR count). The predicted molar refractivity (Wildman–Crippen MR) is 68.7 cm³/mol. The minimum Gasteiger partial charge on any atom is -0.471 e. The van der Waals surface area contributed by atoms with Crippen molar-refractivity contribution in [2.75, 3.05) is 13.1 Å². The zero-order valence-electron chi connectivity index (χ0n) is 10.6. The second-order valence-corrected chi connectivity index (χ2v) is 6.64. The van der Waals surface area contributed by atoms with E-state index in [1.807, 2.05) is 0 Å². The van der Waals surface area contributed by atoms with Gasteiger partial charge in [0.2, 0.25) is 10.0 Å². The van der Waals surface area contributed by atoms with Crippen molar-refractivity contribution in [1.82, 2.24) is 19.5 Å². The molecule has 1 saturated heterocycles. The maximum atomic E-state index is 12.3. The van der Waals surface area contributed by atoms with Crippen molar-refractivity contribution < 1.29 is 12.8 Å². The van der Waals surface area contributed by atoms with Crippen LogP contribution in [0.1, 0.15) is 24.6 Å². The Hall–Kier alpha value is -1.87. The molecule has 2 aromatic rings. The second kappa shape index (κ2) is 4.91. The third kappa shape index (κ3) is 2.29. The molecular weight excluding hydrogens is 284 g/mol. The second-order valence-electron chi connectivity index (χ2n) is 4.70. The quantitative estimate of drug-likeness (QED) is 0.844. The van der Waals surface area contributed by atoms with Crippen molar-refractivity contribution in [2.24, 2.45) is 0 Å². The lowest BCUT2D eigenvalue weighted by Crippen LogP contribution is -2.38. The van der Waals surface area contributed by atoms with E-state index in [0.29, 0.717) is 31.8 Å². The number of piperidine rings is 1. The van der Waals surface area contributed by atoms with Crippen LogP contribution in [0.4, 0.5) is 0 Å². The summed E-state index contributed by atoms with van der Waals surface area (Å²) in [6.07, 6.45) is 3.82. The number of hydrogen-bond acceptors (Lipinski definition) is 5. The lowest BCUT2D eigenvalue weighted by molar-refractivity contribution is 0.313. The Labute approximate surface area is 114 Å². The Morgan fingerprint density at radius 2 is 2.10 bits per heavy atom. The van der Waals surface area contributed by atoms with Crippen molar-refractivity contribution in [3.05, 3.63) is 34.9 Å². The maximum Gasteiger partial charge on any atom is 0.340 e. The molecule has 9 heteroatoms. The Morgan fingerprint density at radius 3 is 2.65 bits per heavy atom. The van der Waals surface area contributed by atoms with E-state index < -0.39 is 10.0 Å². The number of aromatic amines is 2. The summed E-state index contributed by atoms with van der Waals surface area (Å²) in [6.45, 7) is 0.792. The monoisotopic (exact) mass is 298 g/mol. The van der Waals surface area contributed by atoms with Gasteiger partial charge >= 0.3 is 5.69 Å². The van der Waals surface area contributed by atoms with E-state index in [1.165, 1.54) is 22.9 Å². The maximum absolute atomic E-state index is 12.3. The molecule has 2 N–H and O–H groups in total. The van der Waals surface area contributed by atoms with Crippen LogP contribution in [0.25, 0.3) is 0 Å². The van der Waals surface area contributed by atoms with E-state index in [1.54, 1.807) is 0 Å². The van der Waals surface area contributed by atoms with E-state index in [0.717, 1.165) is 0 Å². The van der Waals surface area contributed by atoms with Gasteiger partial charge in [-0.2, -0.15) is 9.40 Å². The molecule has 0 unspecified atom stereocenters. The first kappa shape index (κ1) is 13.1. The third-order valence-electron chi connectivity index (χ3n) is 3.49. The molecule has 0 bridgehead atoms. The summed E-state index contributed by atoms with van der Waals surface area (Å²) in [5, 5.41) is 6.22. The highest BCUT2D eigenvalue weighted by Gasteiger charge is 2.31. The zero-order chi connectivity index (χ0) is 14.2. The van der Waals surface area contributed by atoms with Crippen LogP contribution in [0.2, 0.25) is 0 Å². The van der Waals surface area contributed by atoms with Gasteiger partial charge in [-0.15, -0.1) is 0 Å². The summed E-state index contributed by atoms with van der Waals surface area (Å²) in [6, 6.07) is 1.44. The Balaban J connectivity index is 1.71. The molecule has 8 nitrogen and oxygen atoms in total. The van der Waals surface area contributed by atoms with Crippen LogP contribution < -0.4 is 5.69 Å². The molecule has 0 spiro atoms. The van der Waals surface area contributed by atoms with Gasteiger partial charge in [-0.25, -0.2) is 18.3 Å². The van der Waals surface area contributed by atoms with Crippen molar-refractivity contribution >= 4 is 10.0 Å². The molecule has 3 heterocycles. The summed E-state index contributed by atoms with van der Waals surface area (Å²) >= 11 is 0. The number of nitrogens with zero attached hydrogens (tertiary/aromatic N) is 2. The Morgan fingerprint density at radius 1 is 1.35 bits per heavy atom. The highest BCUT2D eigenvalue weighted by atomic mass is 32.2. The first-order valence-corrected chi connectivity index (χ1v) is 7.68. The van der Waals surface area contributed by atoms with E-state index in [2.05, 4.69) is 15.2 Å². The van der Waals surface area contributed by atoms with Gasteiger partial charge in [0.05, 0.1) is 6.26 Å². The number of furan rings is 1. The SMILES string of the molecule is O=c1[nH]nc(C2CCN(S(=O)(=O)c3ccoc3)CC2)[nH]1. The summed E-state index contributed by atoms with van der Waals surface area (Å²) < 4.78 is 30.8. The number of aromatic nitrogens is 3. The van der Waals surface area contributed by atoms with Gasteiger partial charge in [0.15, 0.2) is 0 Å². The van der Waals surface area contributed by atoms with Crippen LogP contribution in [-0.2, 0) is 10.0 Å². The first-order chi connectivity index (χ1) is 9.57. The smallest absolute Gasteiger partial charge is 0.340 e. The lowest BCUT2D eigenvalue weighted by Gasteiger charge is -2.29. The molecule has 1 aliphatic rings. The van der Waals surface area contributed by atoms with Crippen LogP contribution in [0.5, 0.6) is 0 Å². The molecule has 1 fully saturated rings. The zero-order valence-corrected chi connectivity index (χ0v) is 11.4. The molecule has 0 aliphatic carbocycles. The molecule has 2 aromatic heterocycles. The number of sulfonamides is 1. The van der Waals surface area contributed by atoms with Gasteiger partial charge in [0, 0.05) is 19.0 Å². The van der Waals surface area contributed by atoms with E-state index >= 15 is 0 Å². The fourth-order valence-electron chi connectivity index (χ4n) is 2.39. The average Bonchev–Trinajstić information content (AvgIpc) is 3.10. The number of hydrogen-bond donors (Lipinski definition) is 2. The van der Waals surface area contributed by atoms with Crippen molar-refractivity contribution in [2.45, 2.75) is 23.7 Å². The van der Waals surface area contributed by atoms with Gasteiger partial charge in [0.25, 0.3) is 0 Å². The molecule has 0 radical (unpaired) electrons. The lowest BCUT2D eigenvalue weighted by atomic mass is 9.98. The van der Waals surface area contributed by atoms with Gasteiger partial charge in [0.1, 0.15) is 17.0 Å². The normalized spacial score (nSPS) is 18.4. The summed E-state index contributed by atoms with van der Waals surface area (Å²) in [5.41, 5.74) is -0.339. The molecule has 0 atom stereocenters. The fourth-order valence-corrected chi connectivity index (χ4v) is 3.79. The summed E-state index contributed by atoms with van der Waals surface area (Å²) in [4.78, 5) is 13.8. The van der Waals surface area contributed by atoms with Gasteiger partial charge in [-0.1, -0.05) is 0 Å². The Bertz CT molecular complexity index is 723. The van der Waals surface area contributed by atoms with E-state index in [4.69, 9.17) is 4.42 Å². The molecule has 0 amide bonds. The number of H-pyrrole nitrogens is 2. The Kier molecular flexibility index (Phi) is 3.22. The van der Waals surface area contributed by atoms with Crippen LogP contribution in [0.3, 0.4) is 0 Å². The minimum absolute atomic E-state index is 0.0738. The molecule has 20 heavy (non-hydrogen) atoms. The standard InChI is InChI=1S/C11H14N4O4S/c16-11-12-10(13-14-11)8-1-4-15(5-2-8)20(17,18)9-3-6-19-7-9/h3,6-8H,1-2,4-5H2,(H2,12,13,14,16). The van der Waals surface area contributed by atoms with Gasteiger partial charge in [-0.05, 0) is 18.9 Å². The molecule has 0 saturated carbocycles.